The fourth-order valence-electron chi connectivity index (χ4n) is 2.58. The van der Waals surface area contributed by atoms with E-state index in [1.807, 2.05) is 0 Å². The van der Waals surface area contributed by atoms with Crippen LogP contribution < -0.4 is 5.32 Å². The second-order valence-electron chi connectivity index (χ2n) is 7.10. The molecule has 0 radical (unpaired) electrons. The molecule has 1 N–H and O–H groups in total. The van der Waals surface area contributed by atoms with Crippen LogP contribution in [0.25, 0.3) is 0 Å². The van der Waals surface area contributed by atoms with Gasteiger partial charge in [0.2, 0.25) is 0 Å². The molecule has 1 aromatic carbocycles. The number of rotatable bonds is 6. The lowest BCUT2D eigenvalue weighted by molar-refractivity contribution is 0.273. The molecule has 0 saturated carbocycles. The van der Waals surface area contributed by atoms with Crippen LogP contribution in [0.4, 0.5) is 0 Å². The van der Waals surface area contributed by atoms with Gasteiger partial charge >= 0.3 is 0 Å². The van der Waals surface area contributed by atoms with Crippen LogP contribution in [-0.4, -0.2) is 6.54 Å². The Labute approximate surface area is 119 Å². The second kappa shape index (κ2) is 7.09. The first kappa shape index (κ1) is 16.2. The molecule has 108 valence electrons. The first-order chi connectivity index (χ1) is 8.84. The number of hydrogen-bond acceptors (Lipinski definition) is 1. The van der Waals surface area contributed by atoms with E-state index in [2.05, 4.69) is 71.1 Å². The van der Waals surface area contributed by atoms with Gasteiger partial charge in [0, 0.05) is 6.04 Å². The molecule has 1 aromatic rings. The first-order valence-electron chi connectivity index (χ1n) is 7.66. The van der Waals surface area contributed by atoms with Gasteiger partial charge in [0.25, 0.3) is 0 Å². The standard InChI is InChI=1S/C18H31N/c1-7-11-19-17(18(4,5)6)16-10-8-9-15(13-16)12-14(2)3/h8-10,13-14,17,19H,7,11-12H2,1-6H3. The van der Waals surface area contributed by atoms with E-state index in [0.29, 0.717) is 12.0 Å². The summed E-state index contributed by atoms with van der Waals surface area (Å²) in [7, 11) is 0. The summed E-state index contributed by atoms with van der Waals surface area (Å²) in [4.78, 5) is 0. The van der Waals surface area contributed by atoms with E-state index in [4.69, 9.17) is 0 Å². The zero-order valence-corrected chi connectivity index (χ0v) is 13.6. The van der Waals surface area contributed by atoms with Crippen molar-refractivity contribution < 1.29 is 0 Å². The molecule has 0 amide bonds. The highest BCUT2D eigenvalue weighted by Gasteiger charge is 2.25. The monoisotopic (exact) mass is 261 g/mol. The van der Waals surface area contributed by atoms with E-state index in [9.17, 15) is 0 Å². The summed E-state index contributed by atoms with van der Waals surface area (Å²) in [6, 6.07) is 9.54. The second-order valence-corrected chi connectivity index (χ2v) is 7.10. The number of hydrogen-bond donors (Lipinski definition) is 1. The lowest BCUT2D eigenvalue weighted by Crippen LogP contribution is -2.32. The van der Waals surface area contributed by atoms with E-state index in [0.717, 1.165) is 6.54 Å². The van der Waals surface area contributed by atoms with Gasteiger partial charge in [-0.15, -0.1) is 0 Å². The fraction of sp³-hybridized carbons (Fsp3) is 0.667. The van der Waals surface area contributed by atoms with Crippen LogP contribution in [0.3, 0.4) is 0 Å². The minimum atomic E-state index is 0.242. The zero-order valence-electron chi connectivity index (χ0n) is 13.6. The van der Waals surface area contributed by atoms with Gasteiger partial charge in [-0.2, -0.15) is 0 Å². The van der Waals surface area contributed by atoms with Crippen LogP contribution in [0.1, 0.15) is 65.1 Å². The molecule has 0 aliphatic carbocycles. The van der Waals surface area contributed by atoms with Crippen molar-refractivity contribution in [3.8, 4) is 0 Å². The van der Waals surface area contributed by atoms with Gasteiger partial charge < -0.3 is 5.32 Å². The molecule has 0 bridgehead atoms. The Kier molecular flexibility index (Phi) is 6.06. The van der Waals surface area contributed by atoms with Crippen LogP contribution in [-0.2, 0) is 6.42 Å². The van der Waals surface area contributed by atoms with Crippen molar-refractivity contribution in [2.45, 2.75) is 60.4 Å². The van der Waals surface area contributed by atoms with Gasteiger partial charge in [-0.25, -0.2) is 0 Å². The van der Waals surface area contributed by atoms with E-state index in [1.165, 1.54) is 24.0 Å². The summed E-state index contributed by atoms with van der Waals surface area (Å²) in [5, 5.41) is 3.71. The van der Waals surface area contributed by atoms with Gasteiger partial charge in [0.15, 0.2) is 0 Å². The minimum absolute atomic E-state index is 0.242. The van der Waals surface area contributed by atoms with Gasteiger partial charge in [-0.05, 0) is 41.8 Å². The highest BCUT2D eigenvalue weighted by atomic mass is 14.9. The Hall–Kier alpha value is -0.820. The lowest BCUT2D eigenvalue weighted by atomic mass is 9.81. The van der Waals surface area contributed by atoms with E-state index in [-0.39, 0.29) is 5.41 Å². The molecule has 0 fully saturated rings. The molecule has 1 heteroatoms. The summed E-state index contributed by atoms with van der Waals surface area (Å²) in [6.45, 7) is 14.8. The average molecular weight is 261 g/mol. The van der Waals surface area contributed by atoms with Crippen LogP contribution in [0, 0.1) is 11.3 Å². The molecule has 1 unspecified atom stereocenters. The lowest BCUT2D eigenvalue weighted by Gasteiger charge is -2.32. The summed E-state index contributed by atoms with van der Waals surface area (Å²) in [5.41, 5.74) is 3.13. The number of benzene rings is 1. The molecule has 0 aromatic heterocycles. The third kappa shape index (κ3) is 5.36. The fourth-order valence-corrected chi connectivity index (χ4v) is 2.58. The predicted octanol–water partition coefficient (Wildman–Crippen LogP) is 4.97. The average Bonchev–Trinajstić information content (AvgIpc) is 2.27. The molecule has 1 rings (SSSR count). The van der Waals surface area contributed by atoms with Crippen molar-refractivity contribution >= 4 is 0 Å². The Morgan fingerprint density at radius 2 is 1.84 bits per heavy atom. The molecule has 0 aliphatic heterocycles. The summed E-state index contributed by atoms with van der Waals surface area (Å²) in [6.07, 6.45) is 2.34. The van der Waals surface area contributed by atoms with Crippen LogP contribution in [0.5, 0.6) is 0 Å². The highest BCUT2D eigenvalue weighted by Crippen LogP contribution is 2.33. The maximum absolute atomic E-state index is 3.71. The first-order valence-corrected chi connectivity index (χ1v) is 7.66. The van der Waals surface area contributed by atoms with Gasteiger partial charge in [-0.1, -0.05) is 65.8 Å². The van der Waals surface area contributed by atoms with Gasteiger partial charge in [0.05, 0.1) is 0 Å². The van der Waals surface area contributed by atoms with Crippen molar-refractivity contribution in [1.29, 1.82) is 0 Å². The summed E-state index contributed by atoms with van der Waals surface area (Å²) >= 11 is 0. The molecular formula is C18H31N. The van der Waals surface area contributed by atoms with E-state index >= 15 is 0 Å². The molecule has 1 nitrogen and oxygen atoms in total. The van der Waals surface area contributed by atoms with Crippen molar-refractivity contribution in [1.82, 2.24) is 5.32 Å². The SMILES string of the molecule is CCCNC(c1cccc(CC(C)C)c1)C(C)(C)C. The molecular weight excluding hydrogens is 230 g/mol. The Morgan fingerprint density at radius 3 is 2.37 bits per heavy atom. The Morgan fingerprint density at radius 1 is 1.16 bits per heavy atom. The van der Waals surface area contributed by atoms with Crippen LogP contribution >= 0.6 is 0 Å². The smallest absolute Gasteiger partial charge is 0.0369 e. The Bertz CT molecular complexity index is 374. The molecule has 0 spiro atoms. The van der Waals surface area contributed by atoms with Crippen LogP contribution in [0.15, 0.2) is 24.3 Å². The minimum Gasteiger partial charge on any atom is -0.309 e. The van der Waals surface area contributed by atoms with Crippen molar-refractivity contribution in [3.05, 3.63) is 35.4 Å². The largest absolute Gasteiger partial charge is 0.309 e. The topological polar surface area (TPSA) is 12.0 Å². The third-order valence-corrected chi connectivity index (χ3v) is 3.39. The Balaban J connectivity index is 2.95. The predicted molar refractivity (Wildman–Crippen MR) is 85.5 cm³/mol. The molecule has 0 saturated heterocycles. The van der Waals surface area contributed by atoms with Gasteiger partial charge in [0.1, 0.15) is 0 Å². The maximum Gasteiger partial charge on any atom is 0.0369 e. The normalized spacial score (nSPS) is 13.8. The zero-order chi connectivity index (χ0) is 14.5. The molecule has 0 aliphatic rings. The van der Waals surface area contributed by atoms with Crippen LogP contribution in [0.2, 0.25) is 0 Å². The van der Waals surface area contributed by atoms with E-state index < -0.39 is 0 Å². The van der Waals surface area contributed by atoms with Gasteiger partial charge in [-0.3, -0.25) is 0 Å². The van der Waals surface area contributed by atoms with E-state index in [1.54, 1.807) is 0 Å². The van der Waals surface area contributed by atoms with Crippen molar-refractivity contribution in [3.63, 3.8) is 0 Å². The highest BCUT2D eigenvalue weighted by molar-refractivity contribution is 5.27. The maximum atomic E-state index is 3.71. The van der Waals surface area contributed by atoms with Crippen molar-refractivity contribution in [2.24, 2.45) is 11.3 Å². The number of nitrogens with one attached hydrogen (secondary N) is 1. The quantitative estimate of drug-likeness (QED) is 0.762. The molecule has 19 heavy (non-hydrogen) atoms. The third-order valence-electron chi connectivity index (χ3n) is 3.39. The molecule has 0 heterocycles. The summed E-state index contributed by atoms with van der Waals surface area (Å²) < 4.78 is 0. The summed E-state index contributed by atoms with van der Waals surface area (Å²) in [5.74, 6) is 0.715. The molecule has 1 atom stereocenters. The van der Waals surface area contributed by atoms with Crippen molar-refractivity contribution in [2.75, 3.05) is 6.54 Å².